The summed E-state index contributed by atoms with van der Waals surface area (Å²) in [6.07, 6.45) is 0.348. The molecule has 0 atom stereocenters. The summed E-state index contributed by atoms with van der Waals surface area (Å²) in [5.41, 5.74) is 1.79. The minimum Gasteiger partial charge on any atom is -0.451 e. The van der Waals surface area contributed by atoms with Crippen molar-refractivity contribution in [3.63, 3.8) is 0 Å². The number of nitrogens with one attached hydrogen (secondary N) is 3. The molecule has 9 heteroatoms. The Kier molecular flexibility index (Phi) is 7.10. The first-order valence-corrected chi connectivity index (χ1v) is 10.1. The zero-order valence-corrected chi connectivity index (χ0v) is 18.1. The highest BCUT2D eigenvalue weighted by molar-refractivity contribution is 7.80. The van der Waals surface area contributed by atoms with Crippen LogP contribution >= 0.6 is 35.4 Å². The largest absolute Gasteiger partial charge is 0.451 e. The van der Waals surface area contributed by atoms with Gasteiger partial charge in [0.2, 0.25) is 5.91 Å². The number of amides is 2. The van der Waals surface area contributed by atoms with Gasteiger partial charge >= 0.3 is 0 Å². The summed E-state index contributed by atoms with van der Waals surface area (Å²) in [6.45, 7) is 1.75. The number of halogens is 2. The second-order valence-corrected chi connectivity index (χ2v) is 7.43. The lowest BCUT2D eigenvalue weighted by Gasteiger charge is -2.12. The molecule has 0 fully saturated rings. The van der Waals surface area contributed by atoms with E-state index in [1.165, 1.54) is 0 Å². The molecule has 2 aromatic carbocycles. The van der Waals surface area contributed by atoms with Crippen molar-refractivity contribution in [3.8, 4) is 11.3 Å². The Labute approximate surface area is 188 Å². The summed E-state index contributed by atoms with van der Waals surface area (Å²) in [5.74, 6) is -0.0231. The van der Waals surface area contributed by atoms with Crippen molar-refractivity contribution >= 4 is 63.7 Å². The zero-order chi connectivity index (χ0) is 21.7. The molecule has 3 rings (SSSR count). The summed E-state index contributed by atoms with van der Waals surface area (Å²) < 4.78 is 5.61. The van der Waals surface area contributed by atoms with Gasteiger partial charge in [-0.25, -0.2) is 0 Å². The summed E-state index contributed by atoms with van der Waals surface area (Å²) in [5, 5.41) is 9.13. The van der Waals surface area contributed by atoms with Crippen molar-refractivity contribution in [2.24, 2.45) is 0 Å². The summed E-state index contributed by atoms with van der Waals surface area (Å²) >= 11 is 17.3. The predicted octanol–water partition coefficient (Wildman–Crippen LogP) is 5.73. The number of furan rings is 1. The van der Waals surface area contributed by atoms with Crippen LogP contribution in [0.3, 0.4) is 0 Å². The highest BCUT2D eigenvalue weighted by atomic mass is 35.5. The topological polar surface area (TPSA) is 83.4 Å². The number of benzene rings is 2. The van der Waals surface area contributed by atoms with Gasteiger partial charge in [0.05, 0.1) is 10.7 Å². The third-order valence-electron chi connectivity index (χ3n) is 4.01. The number of anilines is 2. The molecule has 0 radical (unpaired) electrons. The third-order valence-corrected chi connectivity index (χ3v) is 4.79. The molecule has 3 N–H and O–H groups in total. The first-order chi connectivity index (χ1) is 14.4. The van der Waals surface area contributed by atoms with E-state index in [2.05, 4.69) is 16.0 Å². The molecule has 0 unspecified atom stereocenters. The molecule has 6 nitrogen and oxygen atoms in total. The van der Waals surface area contributed by atoms with Gasteiger partial charge in [0.15, 0.2) is 10.9 Å². The average molecular weight is 462 g/mol. The van der Waals surface area contributed by atoms with Crippen molar-refractivity contribution < 1.29 is 14.0 Å². The number of carbonyl (C=O) groups is 2. The van der Waals surface area contributed by atoms with Gasteiger partial charge in [-0.1, -0.05) is 30.1 Å². The normalized spacial score (nSPS) is 10.4. The maximum absolute atomic E-state index is 12.4. The monoisotopic (exact) mass is 461 g/mol. The van der Waals surface area contributed by atoms with E-state index in [9.17, 15) is 9.59 Å². The minimum atomic E-state index is -0.515. The first kappa shape index (κ1) is 21.8. The van der Waals surface area contributed by atoms with E-state index in [0.717, 1.165) is 5.56 Å². The number of thiocarbonyl (C=S) groups is 1. The van der Waals surface area contributed by atoms with Gasteiger partial charge in [-0.15, -0.1) is 0 Å². The first-order valence-electron chi connectivity index (χ1n) is 8.93. The number of hydrogen-bond donors (Lipinski definition) is 3. The summed E-state index contributed by atoms with van der Waals surface area (Å²) in [7, 11) is 0. The van der Waals surface area contributed by atoms with Crippen LogP contribution in [-0.2, 0) is 4.79 Å². The molecule has 0 saturated heterocycles. The molecule has 154 valence electrons. The van der Waals surface area contributed by atoms with Crippen molar-refractivity contribution in [2.75, 3.05) is 10.6 Å². The highest BCUT2D eigenvalue weighted by Crippen LogP contribution is 2.26. The van der Waals surface area contributed by atoms with Crippen LogP contribution in [0.4, 0.5) is 11.4 Å². The molecule has 0 aliphatic heterocycles. The molecular formula is C21H17Cl2N3O3S. The molecule has 1 aromatic heterocycles. The quantitative estimate of drug-likeness (QED) is 0.422. The number of rotatable bonds is 5. The van der Waals surface area contributed by atoms with Crippen LogP contribution in [-0.4, -0.2) is 16.9 Å². The van der Waals surface area contributed by atoms with Gasteiger partial charge in [0.25, 0.3) is 5.91 Å². The zero-order valence-electron chi connectivity index (χ0n) is 15.8. The molecule has 0 bridgehead atoms. The van der Waals surface area contributed by atoms with Crippen LogP contribution in [0.5, 0.6) is 0 Å². The molecule has 2 amide bonds. The lowest BCUT2D eigenvalue weighted by molar-refractivity contribution is -0.115. The third kappa shape index (κ3) is 5.60. The van der Waals surface area contributed by atoms with Crippen LogP contribution in [0.2, 0.25) is 10.0 Å². The Morgan fingerprint density at radius 1 is 1.00 bits per heavy atom. The lowest BCUT2D eigenvalue weighted by Crippen LogP contribution is -2.34. The second-order valence-electron chi connectivity index (χ2n) is 6.18. The Balaban J connectivity index is 1.65. The predicted molar refractivity (Wildman–Crippen MR) is 123 cm³/mol. The molecule has 0 aliphatic rings. The van der Waals surface area contributed by atoms with Crippen LogP contribution < -0.4 is 16.0 Å². The van der Waals surface area contributed by atoms with E-state index >= 15 is 0 Å². The molecular weight excluding hydrogens is 445 g/mol. The molecule has 30 heavy (non-hydrogen) atoms. The van der Waals surface area contributed by atoms with E-state index in [1.807, 2.05) is 0 Å². The van der Waals surface area contributed by atoms with Gasteiger partial charge in [-0.3, -0.25) is 14.9 Å². The molecule has 1 heterocycles. The average Bonchev–Trinajstić information content (AvgIpc) is 3.21. The van der Waals surface area contributed by atoms with Crippen molar-refractivity contribution in [3.05, 3.63) is 70.4 Å². The SMILES string of the molecule is CCC(=O)Nc1ccc(Cl)c(NC(=S)NC(=O)c2ccc(-c3ccc(Cl)cc3)o2)c1. The summed E-state index contributed by atoms with van der Waals surface area (Å²) in [6, 6.07) is 15.2. The van der Waals surface area contributed by atoms with E-state index in [-0.39, 0.29) is 16.8 Å². The van der Waals surface area contributed by atoms with E-state index in [0.29, 0.717) is 33.6 Å². The van der Waals surface area contributed by atoms with Crippen LogP contribution in [0.1, 0.15) is 23.9 Å². The Morgan fingerprint density at radius 2 is 1.73 bits per heavy atom. The van der Waals surface area contributed by atoms with Gasteiger partial charge in [-0.05, 0) is 66.8 Å². The number of carbonyl (C=O) groups excluding carboxylic acids is 2. The maximum Gasteiger partial charge on any atom is 0.293 e. The van der Waals surface area contributed by atoms with Crippen molar-refractivity contribution in [1.82, 2.24) is 5.32 Å². The van der Waals surface area contributed by atoms with E-state index in [4.69, 9.17) is 39.8 Å². The van der Waals surface area contributed by atoms with Crippen LogP contribution in [0, 0.1) is 0 Å². The summed E-state index contributed by atoms with van der Waals surface area (Å²) in [4.78, 5) is 24.0. The Hall–Kier alpha value is -2.87. The molecule has 0 spiro atoms. The Bertz CT molecular complexity index is 1100. The maximum atomic E-state index is 12.4. The Morgan fingerprint density at radius 3 is 2.43 bits per heavy atom. The molecule has 0 aliphatic carbocycles. The van der Waals surface area contributed by atoms with Gasteiger partial charge in [0, 0.05) is 22.7 Å². The van der Waals surface area contributed by atoms with Crippen LogP contribution in [0.15, 0.2) is 59.0 Å². The van der Waals surface area contributed by atoms with Gasteiger partial charge in [-0.2, -0.15) is 0 Å². The standard InChI is InChI=1S/C21H17Cl2N3O3S/c1-2-19(27)24-14-7-8-15(23)16(11-14)25-21(30)26-20(28)18-10-9-17(29-18)12-3-5-13(22)6-4-12/h3-11H,2H2,1H3,(H,24,27)(H2,25,26,28,30). The molecule has 3 aromatic rings. The van der Waals surface area contributed by atoms with Crippen molar-refractivity contribution in [1.29, 1.82) is 0 Å². The lowest BCUT2D eigenvalue weighted by atomic mass is 10.2. The van der Waals surface area contributed by atoms with Gasteiger partial charge < -0.3 is 15.1 Å². The van der Waals surface area contributed by atoms with E-state index < -0.39 is 5.91 Å². The minimum absolute atomic E-state index is 0.0327. The van der Waals surface area contributed by atoms with E-state index in [1.54, 1.807) is 61.5 Å². The fraction of sp³-hybridized carbons (Fsp3) is 0.0952. The second kappa shape index (κ2) is 9.75. The van der Waals surface area contributed by atoms with Crippen LogP contribution in [0.25, 0.3) is 11.3 Å². The highest BCUT2D eigenvalue weighted by Gasteiger charge is 2.15. The van der Waals surface area contributed by atoms with Crippen molar-refractivity contribution in [2.45, 2.75) is 13.3 Å². The molecule has 0 saturated carbocycles. The smallest absolute Gasteiger partial charge is 0.293 e. The van der Waals surface area contributed by atoms with Gasteiger partial charge in [0.1, 0.15) is 5.76 Å². The fourth-order valence-corrected chi connectivity index (χ4v) is 2.99. The number of hydrogen-bond acceptors (Lipinski definition) is 4. The fourth-order valence-electron chi connectivity index (χ4n) is 2.50.